The van der Waals surface area contributed by atoms with Gasteiger partial charge in [0.2, 0.25) is 0 Å². The summed E-state index contributed by atoms with van der Waals surface area (Å²) in [6.07, 6.45) is 7.78. The van der Waals surface area contributed by atoms with Gasteiger partial charge in [-0.15, -0.1) is 0 Å². The Balaban J connectivity index is 2.06. The molecule has 1 aliphatic carbocycles. The van der Waals surface area contributed by atoms with Crippen LogP contribution in [0.4, 0.5) is 0 Å². The van der Waals surface area contributed by atoms with Gasteiger partial charge in [0.25, 0.3) is 0 Å². The van der Waals surface area contributed by atoms with Crippen LogP contribution in [-0.4, -0.2) is 24.2 Å². The van der Waals surface area contributed by atoms with E-state index >= 15 is 0 Å². The van der Waals surface area contributed by atoms with E-state index in [4.69, 9.17) is 15.7 Å². The lowest BCUT2D eigenvalue weighted by Gasteiger charge is -2.18. The second-order valence-electron chi connectivity index (χ2n) is 5.58. The van der Waals surface area contributed by atoms with Crippen molar-refractivity contribution in [2.24, 2.45) is 10.9 Å². The molecule has 0 bridgehead atoms. The predicted octanol–water partition coefficient (Wildman–Crippen LogP) is 2.60. The van der Waals surface area contributed by atoms with Gasteiger partial charge in [0.05, 0.1) is 7.11 Å². The number of methoxy groups -OCH3 is 1. The molecule has 0 radical (unpaired) electrons. The SMILES string of the molecule is COc1ccc(/C(N)=N/O)cc1CNC1CCCCCC1. The summed E-state index contributed by atoms with van der Waals surface area (Å²) in [6.45, 7) is 0.736. The van der Waals surface area contributed by atoms with Gasteiger partial charge in [-0.05, 0) is 31.0 Å². The van der Waals surface area contributed by atoms with Crippen molar-refractivity contribution in [3.05, 3.63) is 29.3 Å². The number of amidine groups is 1. The van der Waals surface area contributed by atoms with Crippen LogP contribution < -0.4 is 15.8 Å². The van der Waals surface area contributed by atoms with Crippen LogP contribution in [-0.2, 0) is 6.54 Å². The van der Waals surface area contributed by atoms with E-state index in [2.05, 4.69) is 10.5 Å². The van der Waals surface area contributed by atoms with Crippen LogP contribution >= 0.6 is 0 Å². The molecule has 0 spiro atoms. The van der Waals surface area contributed by atoms with Crippen molar-refractivity contribution in [1.29, 1.82) is 0 Å². The summed E-state index contributed by atoms with van der Waals surface area (Å²) in [5, 5.41) is 15.5. The molecule has 0 amide bonds. The van der Waals surface area contributed by atoms with Crippen molar-refractivity contribution >= 4 is 5.84 Å². The third-order valence-electron chi connectivity index (χ3n) is 4.12. The summed E-state index contributed by atoms with van der Waals surface area (Å²) in [5.41, 5.74) is 7.39. The van der Waals surface area contributed by atoms with E-state index in [9.17, 15) is 0 Å². The number of nitrogens with two attached hydrogens (primary N) is 1. The van der Waals surface area contributed by atoms with E-state index < -0.39 is 0 Å². The highest BCUT2D eigenvalue weighted by molar-refractivity contribution is 5.97. The number of hydrogen-bond donors (Lipinski definition) is 3. The average molecular weight is 291 g/mol. The summed E-state index contributed by atoms with van der Waals surface area (Å²) in [6, 6.07) is 6.14. The number of nitrogens with zero attached hydrogens (tertiary/aromatic N) is 1. The Morgan fingerprint density at radius 3 is 2.67 bits per heavy atom. The molecule has 4 N–H and O–H groups in total. The van der Waals surface area contributed by atoms with Gasteiger partial charge < -0.3 is 21.0 Å². The molecule has 116 valence electrons. The number of nitrogens with one attached hydrogen (secondary N) is 1. The fourth-order valence-electron chi connectivity index (χ4n) is 2.87. The first kappa shape index (κ1) is 15.6. The van der Waals surface area contributed by atoms with Crippen molar-refractivity contribution < 1.29 is 9.94 Å². The molecule has 2 rings (SSSR count). The number of ether oxygens (including phenoxy) is 1. The van der Waals surface area contributed by atoms with Gasteiger partial charge in [0.1, 0.15) is 5.75 Å². The Labute approximate surface area is 126 Å². The highest BCUT2D eigenvalue weighted by Crippen LogP contribution is 2.22. The Hall–Kier alpha value is -1.75. The molecule has 1 saturated carbocycles. The summed E-state index contributed by atoms with van der Waals surface area (Å²) >= 11 is 0. The van der Waals surface area contributed by atoms with Gasteiger partial charge in [-0.1, -0.05) is 30.8 Å². The van der Waals surface area contributed by atoms with E-state index in [1.807, 2.05) is 12.1 Å². The van der Waals surface area contributed by atoms with Crippen molar-refractivity contribution in [1.82, 2.24) is 5.32 Å². The minimum atomic E-state index is 0.119. The highest BCUT2D eigenvalue weighted by Gasteiger charge is 2.13. The number of hydrogen-bond acceptors (Lipinski definition) is 4. The second kappa shape index (κ2) is 7.88. The molecule has 5 nitrogen and oxygen atoms in total. The molecule has 0 heterocycles. The van der Waals surface area contributed by atoms with E-state index in [1.54, 1.807) is 13.2 Å². The number of rotatable bonds is 5. The molecule has 0 aliphatic heterocycles. The monoisotopic (exact) mass is 291 g/mol. The molecule has 1 aliphatic rings. The van der Waals surface area contributed by atoms with Gasteiger partial charge in [0, 0.05) is 23.7 Å². The second-order valence-corrected chi connectivity index (χ2v) is 5.58. The van der Waals surface area contributed by atoms with E-state index in [1.165, 1.54) is 38.5 Å². The zero-order valence-corrected chi connectivity index (χ0v) is 12.6. The first-order valence-corrected chi connectivity index (χ1v) is 7.62. The molecule has 0 saturated heterocycles. The zero-order valence-electron chi connectivity index (χ0n) is 12.6. The maximum atomic E-state index is 8.79. The van der Waals surface area contributed by atoms with Crippen molar-refractivity contribution in [3.8, 4) is 5.75 Å². The van der Waals surface area contributed by atoms with E-state index in [-0.39, 0.29) is 5.84 Å². The largest absolute Gasteiger partial charge is 0.496 e. The van der Waals surface area contributed by atoms with E-state index in [0.29, 0.717) is 11.6 Å². The molecule has 5 heteroatoms. The maximum Gasteiger partial charge on any atom is 0.170 e. The normalized spacial score (nSPS) is 17.5. The molecule has 21 heavy (non-hydrogen) atoms. The topological polar surface area (TPSA) is 79.9 Å². The van der Waals surface area contributed by atoms with Gasteiger partial charge >= 0.3 is 0 Å². The van der Waals surface area contributed by atoms with Crippen LogP contribution in [0, 0.1) is 0 Å². The number of oxime groups is 1. The predicted molar refractivity (Wildman–Crippen MR) is 83.8 cm³/mol. The minimum Gasteiger partial charge on any atom is -0.496 e. The fraction of sp³-hybridized carbons (Fsp3) is 0.562. The lowest BCUT2D eigenvalue weighted by atomic mass is 10.1. The summed E-state index contributed by atoms with van der Waals surface area (Å²) in [5.74, 6) is 0.944. The zero-order chi connectivity index (χ0) is 15.1. The third-order valence-corrected chi connectivity index (χ3v) is 4.12. The van der Waals surface area contributed by atoms with Crippen molar-refractivity contribution in [3.63, 3.8) is 0 Å². The quantitative estimate of drug-likeness (QED) is 0.256. The Kier molecular flexibility index (Phi) is 5.87. The van der Waals surface area contributed by atoms with Gasteiger partial charge in [-0.3, -0.25) is 0 Å². The first-order chi connectivity index (χ1) is 10.2. The van der Waals surface area contributed by atoms with Crippen molar-refractivity contribution in [2.45, 2.75) is 51.1 Å². The molecular weight excluding hydrogens is 266 g/mol. The van der Waals surface area contributed by atoms with E-state index in [0.717, 1.165) is 17.9 Å². The fourth-order valence-corrected chi connectivity index (χ4v) is 2.87. The summed E-state index contributed by atoms with van der Waals surface area (Å²) < 4.78 is 5.40. The van der Waals surface area contributed by atoms with Gasteiger partial charge in [-0.2, -0.15) is 0 Å². The van der Waals surface area contributed by atoms with Crippen LogP contribution in [0.15, 0.2) is 23.4 Å². The third kappa shape index (κ3) is 4.36. The summed E-state index contributed by atoms with van der Waals surface area (Å²) in [7, 11) is 1.66. The van der Waals surface area contributed by atoms with Crippen LogP contribution in [0.1, 0.15) is 49.7 Å². The minimum absolute atomic E-state index is 0.119. The molecule has 1 aromatic carbocycles. The van der Waals surface area contributed by atoms with Crippen LogP contribution in [0.25, 0.3) is 0 Å². The lowest BCUT2D eigenvalue weighted by molar-refractivity contribution is 0.318. The number of benzene rings is 1. The lowest BCUT2D eigenvalue weighted by Crippen LogP contribution is -2.28. The Morgan fingerprint density at radius 2 is 2.05 bits per heavy atom. The van der Waals surface area contributed by atoms with Crippen LogP contribution in [0.3, 0.4) is 0 Å². The molecular formula is C16H25N3O2. The van der Waals surface area contributed by atoms with Crippen LogP contribution in [0.2, 0.25) is 0 Å². The Morgan fingerprint density at radius 1 is 1.33 bits per heavy atom. The first-order valence-electron chi connectivity index (χ1n) is 7.62. The molecule has 1 fully saturated rings. The molecule has 0 unspecified atom stereocenters. The maximum absolute atomic E-state index is 8.79. The standard InChI is InChI=1S/C16H25N3O2/c1-21-15-9-8-12(16(17)19-20)10-13(15)11-18-14-6-4-2-3-5-7-14/h8-10,14,18,20H,2-7,11H2,1H3,(H2,17,19). The smallest absolute Gasteiger partial charge is 0.170 e. The molecule has 1 aromatic rings. The Bertz CT molecular complexity index is 480. The highest BCUT2D eigenvalue weighted by atomic mass is 16.5. The van der Waals surface area contributed by atoms with Gasteiger partial charge in [0.15, 0.2) is 5.84 Å². The average Bonchev–Trinajstić information content (AvgIpc) is 2.80. The molecule has 0 atom stereocenters. The van der Waals surface area contributed by atoms with Crippen LogP contribution in [0.5, 0.6) is 5.75 Å². The summed E-state index contributed by atoms with van der Waals surface area (Å²) in [4.78, 5) is 0. The van der Waals surface area contributed by atoms with Gasteiger partial charge in [-0.25, -0.2) is 0 Å². The molecule has 0 aromatic heterocycles. The van der Waals surface area contributed by atoms with Crippen molar-refractivity contribution in [2.75, 3.05) is 7.11 Å².